The first kappa shape index (κ1) is 22.5. The van der Waals surface area contributed by atoms with Crippen molar-refractivity contribution in [2.45, 2.75) is 39.5 Å². The summed E-state index contributed by atoms with van der Waals surface area (Å²) in [6.07, 6.45) is 1.27. The van der Waals surface area contributed by atoms with E-state index in [-0.39, 0.29) is 17.1 Å². The number of nitrogen functional groups attached to an aromatic ring is 1. The molecule has 4 heteroatoms. The Kier molecular flexibility index (Phi) is 5.61. The van der Waals surface area contributed by atoms with Crippen molar-refractivity contribution in [2.75, 3.05) is 5.73 Å². The zero-order valence-electron chi connectivity index (χ0n) is 19.7. The van der Waals surface area contributed by atoms with Gasteiger partial charge in [-0.2, -0.15) is 0 Å². The standard InChI is InChI=1S/C30H28ClNO2/c1-18(26-14-15-27(34-26)21-10-6-7-11-23(21)31)28-22(16-30(2,3)17-25(28)33)29-20-9-5-4-8-19(20)12-13-24(29)32/h4-15,18H,16-17,32H2,1-3H3/t18-/m0/s1. The summed E-state index contributed by atoms with van der Waals surface area (Å²) in [4.78, 5) is 13.6. The molecule has 3 aromatic carbocycles. The van der Waals surface area contributed by atoms with Gasteiger partial charge < -0.3 is 10.2 Å². The van der Waals surface area contributed by atoms with E-state index in [1.807, 2.05) is 67.6 Å². The highest BCUT2D eigenvalue weighted by molar-refractivity contribution is 6.33. The van der Waals surface area contributed by atoms with Gasteiger partial charge in [-0.25, -0.2) is 0 Å². The van der Waals surface area contributed by atoms with E-state index in [2.05, 4.69) is 26.0 Å². The largest absolute Gasteiger partial charge is 0.460 e. The fourth-order valence-electron chi connectivity index (χ4n) is 5.22. The van der Waals surface area contributed by atoms with Crippen molar-refractivity contribution in [1.29, 1.82) is 0 Å². The highest BCUT2D eigenvalue weighted by Gasteiger charge is 2.37. The van der Waals surface area contributed by atoms with Crippen molar-refractivity contribution in [3.63, 3.8) is 0 Å². The van der Waals surface area contributed by atoms with E-state index in [9.17, 15) is 4.79 Å². The van der Waals surface area contributed by atoms with E-state index in [0.717, 1.165) is 45.2 Å². The van der Waals surface area contributed by atoms with E-state index >= 15 is 0 Å². The minimum atomic E-state index is -0.215. The van der Waals surface area contributed by atoms with Crippen molar-refractivity contribution in [3.8, 4) is 11.3 Å². The maximum atomic E-state index is 13.6. The normalized spacial score (nSPS) is 16.8. The van der Waals surface area contributed by atoms with E-state index in [1.54, 1.807) is 0 Å². The molecule has 4 aromatic rings. The predicted molar refractivity (Wildman–Crippen MR) is 141 cm³/mol. The number of hydrogen-bond donors (Lipinski definition) is 1. The number of allylic oxidation sites excluding steroid dienone is 2. The molecular formula is C30H28ClNO2. The molecule has 1 aromatic heterocycles. The van der Waals surface area contributed by atoms with Gasteiger partial charge in [0.1, 0.15) is 11.5 Å². The molecule has 2 N–H and O–H groups in total. The van der Waals surface area contributed by atoms with Gasteiger partial charge in [0.2, 0.25) is 0 Å². The summed E-state index contributed by atoms with van der Waals surface area (Å²) < 4.78 is 6.27. The molecule has 1 aliphatic rings. The number of hydrogen-bond acceptors (Lipinski definition) is 3. The van der Waals surface area contributed by atoms with Gasteiger partial charge in [0, 0.05) is 34.7 Å². The van der Waals surface area contributed by atoms with Gasteiger partial charge in [-0.1, -0.05) is 74.8 Å². The van der Waals surface area contributed by atoms with Crippen LogP contribution in [0.15, 0.2) is 82.8 Å². The first-order valence-electron chi connectivity index (χ1n) is 11.6. The Hall–Kier alpha value is -3.30. The number of ketones is 1. The third kappa shape index (κ3) is 3.95. The maximum Gasteiger partial charge on any atom is 0.160 e. The smallest absolute Gasteiger partial charge is 0.160 e. The minimum Gasteiger partial charge on any atom is -0.460 e. The highest BCUT2D eigenvalue weighted by Crippen LogP contribution is 2.48. The van der Waals surface area contributed by atoms with E-state index < -0.39 is 0 Å². The number of fused-ring (bicyclic) bond motifs is 1. The number of carbonyl (C=O) groups excluding carboxylic acids is 1. The maximum absolute atomic E-state index is 13.6. The minimum absolute atomic E-state index is 0.148. The fraction of sp³-hybridized carbons (Fsp3) is 0.233. The second kappa shape index (κ2) is 8.48. The van der Waals surface area contributed by atoms with Gasteiger partial charge in [-0.05, 0) is 58.5 Å². The van der Waals surface area contributed by atoms with Crippen LogP contribution in [0.25, 0.3) is 27.7 Å². The number of benzene rings is 3. The summed E-state index contributed by atoms with van der Waals surface area (Å²) in [6.45, 7) is 6.34. The van der Waals surface area contributed by atoms with Gasteiger partial charge in [0.25, 0.3) is 0 Å². The van der Waals surface area contributed by atoms with Gasteiger partial charge in [0.05, 0.1) is 5.02 Å². The lowest BCUT2D eigenvalue weighted by Crippen LogP contribution is -2.27. The van der Waals surface area contributed by atoms with Crippen molar-refractivity contribution in [1.82, 2.24) is 0 Å². The Bertz CT molecular complexity index is 1440. The summed E-state index contributed by atoms with van der Waals surface area (Å²) in [6, 6.07) is 23.7. The quantitative estimate of drug-likeness (QED) is 0.306. The number of furan rings is 1. The van der Waals surface area contributed by atoms with Crippen molar-refractivity contribution in [2.24, 2.45) is 5.41 Å². The molecule has 0 aliphatic heterocycles. The molecule has 172 valence electrons. The van der Waals surface area contributed by atoms with Crippen LogP contribution in [0.1, 0.15) is 50.9 Å². The summed E-state index contributed by atoms with van der Waals surface area (Å²) in [5, 5.41) is 2.82. The van der Waals surface area contributed by atoms with Crippen LogP contribution >= 0.6 is 11.6 Å². The predicted octanol–water partition coefficient (Wildman–Crippen LogP) is 8.28. The summed E-state index contributed by atoms with van der Waals surface area (Å²) in [7, 11) is 0. The lowest BCUT2D eigenvalue weighted by molar-refractivity contribution is -0.118. The van der Waals surface area contributed by atoms with E-state index in [1.165, 1.54) is 0 Å². The average Bonchev–Trinajstić information content (AvgIpc) is 3.28. The van der Waals surface area contributed by atoms with Crippen LogP contribution in [0.2, 0.25) is 5.02 Å². The molecule has 1 heterocycles. The van der Waals surface area contributed by atoms with Crippen molar-refractivity contribution in [3.05, 3.63) is 94.7 Å². The van der Waals surface area contributed by atoms with Gasteiger partial charge in [0.15, 0.2) is 5.78 Å². The Morgan fingerprint density at radius 2 is 1.68 bits per heavy atom. The molecule has 0 spiro atoms. The topological polar surface area (TPSA) is 56.2 Å². The third-order valence-electron chi connectivity index (χ3n) is 6.81. The zero-order valence-corrected chi connectivity index (χ0v) is 20.4. The lowest BCUT2D eigenvalue weighted by Gasteiger charge is -2.35. The van der Waals surface area contributed by atoms with Gasteiger partial charge in [-0.15, -0.1) is 0 Å². The second-order valence-corrected chi connectivity index (χ2v) is 10.4. The van der Waals surface area contributed by atoms with Crippen molar-refractivity contribution >= 4 is 39.4 Å². The second-order valence-electron chi connectivity index (χ2n) is 9.99. The molecule has 0 bridgehead atoms. The molecule has 5 rings (SSSR count). The summed E-state index contributed by atoms with van der Waals surface area (Å²) in [5.41, 5.74) is 10.7. The molecule has 0 unspecified atom stereocenters. The Balaban J connectivity index is 1.69. The number of anilines is 1. The Morgan fingerprint density at radius 1 is 0.941 bits per heavy atom. The molecule has 0 radical (unpaired) electrons. The number of Topliss-reactive ketones (excluding diaryl/α,β-unsaturated/α-hetero) is 1. The van der Waals surface area contributed by atoms with Crippen LogP contribution in [0.4, 0.5) is 5.69 Å². The van der Waals surface area contributed by atoms with Crippen LogP contribution in [0.3, 0.4) is 0 Å². The van der Waals surface area contributed by atoms with Crippen LogP contribution < -0.4 is 5.73 Å². The summed E-state index contributed by atoms with van der Waals surface area (Å²) in [5.74, 6) is 1.38. The Morgan fingerprint density at radius 3 is 2.47 bits per heavy atom. The molecule has 0 saturated carbocycles. The zero-order chi connectivity index (χ0) is 24.0. The SMILES string of the molecule is C[C@H](C1=C(c2c(N)ccc3ccccc23)CC(C)(C)CC1=O)c1ccc(-c2ccccc2Cl)o1. The van der Waals surface area contributed by atoms with Crippen molar-refractivity contribution < 1.29 is 9.21 Å². The highest BCUT2D eigenvalue weighted by atomic mass is 35.5. The van der Waals surface area contributed by atoms with E-state index in [4.69, 9.17) is 21.8 Å². The lowest BCUT2D eigenvalue weighted by atomic mass is 9.68. The Labute approximate surface area is 205 Å². The third-order valence-corrected chi connectivity index (χ3v) is 7.14. The molecule has 0 fully saturated rings. The molecule has 0 amide bonds. The molecule has 1 aliphatic carbocycles. The van der Waals surface area contributed by atoms with Crippen LogP contribution in [-0.4, -0.2) is 5.78 Å². The number of rotatable bonds is 4. The number of halogens is 1. The fourth-order valence-corrected chi connectivity index (χ4v) is 5.45. The molecule has 3 nitrogen and oxygen atoms in total. The number of carbonyl (C=O) groups is 1. The molecule has 1 atom stereocenters. The van der Waals surface area contributed by atoms with Crippen LogP contribution in [0, 0.1) is 5.41 Å². The summed E-state index contributed by atoms with van der Waals surface area (Å²) >= 11 is 6.39. The van der Waals surface area contributed by atoms with Crippen LogP contribution in [-0.2, 0) is 4.79 Å². The molecule has 34 heavy (non-hydrogen) atoms. The van der Waals surface area contributed by atoms with Gasteiger partial charge in [-0.3, -0.25) is 4.79 Å². The van der Waals surface area contributed by atoms with Gasteiger partial charge >= 0.3 is 0 Å². The van der Waals surface area contributed by atoms with E-state index in [0.29, 0.717) is 22.9 Å². The first-order valence-corrected chi connectivity index (χ1v) is 12.0. The monoisotopic (exact) mass is 469 g/mol. The first-order chi connectivity index (χ1) is 16.2. The number of nitrogens with two attached hydrogens (primary N) is 1. The van der Waals surface area contributed by atoms with Crippen LogP contribution in [0.5, 0.6) is 0 Å². The molecular weight excluding hydrogens is 442 g/mol. The molecule has 0 saturated heterocycles. The average molecular weight is 470 g/mol.